The summed E-state index contributed by atoms with van der Waals surface area (Å²) in [6.45, 7) is 3.05. The average molecular weight is 333 g/mol. The zero-order chi connectivity index (χ0) is 16.9. The molecule has 0 heterocycles. The average Bonchev–Trinajstić information content (AvgIpc) is 2.50. The second kappa shape index (κ2) is 7.15. The fraction of sp³-hybridized carbons (Fsp3) is 0.188. The first-order valence-electron chi connectivity index (χ1n) is 7.13. The van der Waals surface area contributed by atoms with Gasteiger partial charge in [0, 0.05) is 29.7 Å². The van der Waals surface area contributed by atoms with E-state index in [1.807, 2.05) is 12.1 Å². The zero-order valence-electron chi connectivity index (χ0n) is 13.0. The lowest BCUT2D eigenvalue weighted by Crippen LogP contribution is -2.14. The van der Waals surface area contributed by atoms with Crippen LogP contribution in [-0.2, 0) is 14.8 Å². The maximum absolute atomic E-state index is 11.5. The SMILES string of the molecule is CCS(=O)(=O)Nc1ccc(Nc2ccc(NC(C)=O)cc2)cc1. The second-order valence-electron chi connectivity index (χ2n) is 4.97. The molecule has 0 fully saturated rings. The molecule has 0 bridgehead atoms. The highest BCUT2D eigenvalue weighted by Crippen LogP contribution is 2.21. The molecule has 2 aromatic rings. The van der Waals surface area contributed by atoms with Gasteiger partial charge < -0.3 is 10.6 Å². The molecule has 122 valence electrons. The number of hydrogen-bond donors (Lipinski definition) is 3. The van der Waals surface area contributed by atoms with E-state index in [1.54, 1.807) is 43.3 Å². The van der Waals surface area contributed by atoms with E-state index in [0.29, 0.717) is 5.69 Å². The van der Waals surface area contributed by atoms with Gasteiger partial charge in [0.1, 0.15) is 0 Å². The van der Waals surface area contributed by atoms with Crippen LogP contribution in [0.15, 0.2) is 48.5 Å². The molecule has 0 saturated heterocycles. The molecular weight excluding hydrogens is 314 g/mol. The third kappa shape index (κ3) is 5.30. The molecule has 0 aliphatic rings. The van der Waals surface area contributed by atoms with Gasteiger partial charge in [-0.2, -0.15) is 0 Å². The van der Waals surface area contributed by atoms with E-state index >= 15 is 0 Å². The number of hydrogen-bond acceptors (Lipinski definition) is 4. The predicted octanol–water partition coefficient (Wildman–Crippen LogP) is 3.15. The molecule has 0 aromatic heterocycles. The first kappa shape index (κ1) is 16.8. The number of carbonyl (C=O) groups excluding carboxylic acids is 1. The van der Waals surface area contributed by atoms with Crippen LogP contribution in [0.3, 0.4) is 0 Å². The summed E-state index contributed by atoms with van der Waals surface area (Å²) in [7, 11) is -3.26. The van der Waals surface area contributed by atoms with Crippen LogP contribution >= 0.6 is 0 Å². The van der Waals surface area contributed by atoms with E-state index in [2.05, 4.69) is 15.4 Å². The molecule has 0 spiro atoms. The van der Waals surface area contributed by atoms with Gasteiger partial charge >= 0.3 is 0 Å². The fourth-order valence-corrected chi connectivity index (χ4v) is 2.52. The van der Waals surface area contributed by atoms with E-state index in [1.165, 1.54) is 6.92 Å². The first-order valence-corrected chi connectivity index (χ1v) is 8.78. The van der Waals surface area contributed by atoms with Crippen molar-refractivity contribution in [3.8, 4) is 0 Å². The minimum Gasteiger partial charge on any atom is -0.356 e. The molecule has 0 radical (unpaired) electrons. The van der Waals surface area contributed by atoms with Crippen molar-refractivity contribution in [3.05, 3.63) is 48.5 Å². The highest BCUT2D eigenvalue weighted by Gasteiger charge is 2.06. The molecule has 0 unspecified atom stereocenters. The smallest absolute Gasteiger partial charge is 0.232 e. The van der Waals surface area contributed by atoms with Crippen LogP contribution in [0.2, 0.25) is 0 Å². The lowest BCUT2D eigenvalue weighted by atomic mass is 10.2. The van der Waals surface area contributed by atoms with Crippen molar-refractivity contribution < 1.29 is 13.2 Å². The van der Waals surface area contributed by atoms with Gasteiger partial charge in [0.2, 0.25) is 15.9 Å². The molecule has 3 N–H and O–H groups in total. The fourth-order valence-electron chi connectivity index (χ4n) is 1.88. The van der Waals surface area contributed by atoms with Gasteiger partial charge in [-0.1, -0.05) is 0 Å². The van der Waals surface area contributed by atoms with E-state index < -0.39 is 10.0 Å². The van der Waals surface area contributed by atoms with Crippen molar-refractivity contribution in [2.75, 3.05) is 21.1 Å². The summed E-state index contributed by atoms with van der Waals surface area (Å²) in [6, 6.07) is 14.3. The Kier molecular flexibility index (Phi) is 5.23. The van der Waals surface area contributed by atoms with Gasteiger partial charge in [-0.05, 0) is 55.5 Å². The van der Waals surface area contributed by atoms with Crippen molar-refractivity contribution in [2.24, 2.45) is 0 Å². The molecule has 2 aromatic carbocycles. The number of benzene rings is 2. The second-order valence-corrected chi connectivity index (χ2v) is 6.98. The third-order valence-electron chi connectivity index (χ3n) is 3.03. The molecule has 0 aliphatic carbocycles. The number of amides is 1. The Labute approximate surface area is 136 Å². The quantitative estimate of drug-likeness (QED) is 0.758. The topological polar surface area (TPSA) is 87.3 Å². The first-order chi connectivity index (χ1) is 10.9. The number of sulfonamides is 1. The van der Waals surface area contributed by atoms with Gasteiger partial charge in [0.25, 0.3) is 0 Å². The van der Waals surface area contributed by atoms with Crippen molar-refractivity contribution in [1.29, 1.82) is 0 Å². The summed E-state index contributed by atoms with van der Waals surface area (Å²) >= 11 is 0. The van der Waals surface area contributed by atoms with Crippen molar-refractivity contribution in [3.63, 3.8) is 0 Å². The number of anilines is 4. The lowest BCUT2D eigenvalue weighted by molar-refractivity contribution is -0.114. The van der Waals surface area contributed by atoms with Crippen LogP contribution in [0, 0.1) is 0 Å². The predicted molar refractivity (Wildman–Crippen MR) is 93.6 cm³/mol. The summed E-state index contributed by atoms with van der Waals surface area (Å²) in [5.74, 6) is -0.0796. The van der Waals surface area contributed by atoms with Crippen molar-refractivity contribution >= 4 is 38.7 Å². The lowest BCUT2D eigenvalue weighted by Gasteiger charge is -2.10. The summed E-state index contributed by atoms with van der Waals surface area (Å²) in [5, 5.41) is 5.90. The normalized spacial score (nSPS) is 10.9. The molecule has 1 amide bonds. The Hall–Kier alpha value is -2.54. The molecular formula is C16H19N3O3S. The Morgan fingerprint density at radius 3 is 1.74 bits per heavy atom. The molecule has 0 aliphatic heterocycles. The van der Waals surface area contributed by atoms with Gasteiger partial charge in [-0.3, -0.25) is 9.52 Å². The van der Waals surface area contributed by atoms with Gasteiger partial charge in [-0.15, -0.1) is 0 Å². The monoisotopic (exact) mass is 333 g/mol. The molecule has 0 saturated carbocycles. The van der Waals surface area contributed by atoms with Crippen LogP contribution in [-0.4, -0.2) is 20.1 Å². The third-order valence-corrected chi connectivity index (χ3v) is 4.34. The zero-order valence-corrected chi connectivity index (χ0v) is 13.8. The Morgan fingerprint density at radius 1 is 0.870 bits per heavy atom. The van der Waals surface area contributed by atoms with E-state index in [0.717, 1.165) is 17.1 Å². The number of rotatable bonds is 6. The van der Waals surface area contributed by atoms with Crippen LogP contribution < -0.4 is 15.4 Å². The molecule has 7 heteroatoms. The van der Waals surface area contributed by atoms with E-state index in [9.17, 15) is 13.2 Å². The van der Waals surface area contributed by atoms with Crippen LogP contribution in [0.1, 0.15) is 13.8 Å². The van der Waals surface area contributed by atoms with Gasteiger partial charge in [0.15, 0.2) is 0 Å². The minimum absolute atomic E-state index is 0.0354. The van der Waals surface area contributed by atoms with Crippen LogP contribution in [0.4, 0.5) is 22.7 Å². The molecule has 6 nitrogen and oxygen atoms in total. The van der Waals surface area contributed by atoms with Crippen LogP contribution in [0.5, 0.6) is 0 Å². The van der Waals surface area contributed by atoms with E-state index in [4.69, 9.17) is 0 Å². The summed E-state index contributed by atoms with van der Waals surface area (Å²) in [5.41, 5.74) is 2.95. The molecule has 2 rings (SSSR count). The largest absolute Gasteiger partial charge is 0.356 e. The van der Waals surface area contributed by atoms with E-state index in [-0.39, 0.29) is 11.7 Å². The number of carbonyl (C=O) groups is 1. The van der Waals surface area contributed by atoms with Crippen molar-refractivity contribution in [2.45, 2.75) is 13.8 Å². The maximum Gasteiger partial charge on any atom is 0.232 e. The Bertz CT molecular complexity index is 769. The molecule has 23 heavy (non-hydrogen) atoms. The van der Waals surface area contributed by atoms with Crippen LogP contribution in [0.25, 0.3) is 0 Å². The maximum atomic E-state index is 11.5. The summed E-state index contributed by atoms with van der Waals surface area (Å²) in [4.78, 5) is 11.0. The summed E-state index contributed by atoms with van der Waals surface area (Å²) < 4.78 is 25.5. The standard InChI is InChI=1S/C16H19N3O3S/c1-3-23(21,22)19-16-10-8-15(9-11-16)18-14-6-4-13(5-7-14)17-12(2)20/h4-11,18-19H,3H2,1-2H3,(H,17,20). The number of nitrogens with one attached hydrogen (secondary N) is 3. The van der Waals surface area contributed by atoms with Gasteiger partial charge in [0.05, 0.1) is 5.75 Å². The Morgan fingerprint density at radius 2 is 1.30 bits per heavy atom. The Balaban J connectivity index is 2.02. The van der Waals surface area contributed by atoms with Crippen molar-refractivity contribution in [1.82, 2.24) is 0 Å². The highest BCUT2D eigenvalue weighted by atomic mass is 32.2. The summed E-state index contributed by atoms with van der Waals surface area (Å²) in [6.07, 6.45) is 0. The highest BCUT2D eigenvalue weighted by molar-refractivity contribution is 7.92. The minimum atomic E-state index is -3.26. The van der Waals surface area contributed by atoms with Gasteiger partial charge in [-0.25, -0.2) is 8.42 Å². The molecule has 0 atom stereocenters.